The highest BCUT2D eigenvalue weighted by Crippen LogP contribution is 2.22. The van der Waals surface area contributed by atoms with Crippen LogP contribution in [0.2, 0.25) is 0 Å². The average Bonchev–Trinajstić information content (AvgIpc) is 2.73. The molecule has 0 bridgehead atoms. The Balaban J connectivity index is 1.79. The molecule has 0 saturated heterocycles. The van der Waals surface area contributed by atoms with Crippen LogP contribution in [0.3, 0.4) is 0 Å². The van der Waals surface area contributed by atoms with Gasteiger partial charge in [0.15, 0.2) is 0 Å². The van der Waals surface area contributed by atoms with Crippen molar-refractivity contribution in [2.45, 2.75) is 33.1 Å². The summed E-state index contributed by atoms with van der Waals surface area (Å²) >= 11 is 3.41. The average molecular weight is 476 g/mol. The quantitative estimate of drug-likeness (QED) is 0.369. The molecule has 7 nitrogen and oxygen atoms in total. The predicted molar refractivity (Wildman–Crippen MR) is 121 cm³/mol. The Labute approximate surface area is 185 Å². The lowest BCUT2D eigenvalue weighted by molar-refractivity contribution is -0.124. The summed E-state index contributed by atoms with van der Waals surface area (Å²) in [5.41, 5.74) is 3.83. The molecule has 30 heavy (non-hydrogen) atoms. The molecule has 8 heteroatoms. The van der Waals surface area contributed by atoms with Crippen LogP contribution >= 0.6 is 15.9 Å². The number of halogens is 1. The minimum atomic E-state index is -0.348. The fourth-order valence-electron chi connectivity index (χ4n) is 2.45. The van der Waals surface area contributed by atoms with Crippen LogP contribution in [-0.4, -0.2) is 31.2 Å². The first-order chi connectivity index (χ1) is 14.5. The molecule has 0 saturated carbocycles. The highest BCUT2D eigenvalue weighted by molar-refractivity contribution is 9.10. The number of anilines is 1. The van der Waals surface area contributed by atoms with Gasteiger partial charge in [0, 0.05) is 28.6 Å². The van der Waals surface area contributed by atoms with E-state index in [0.29, 0.717) is 24.7 Å². The smallest absolute Gasteiger partial charge is 0.240 e. The van der Waals surface area contributed by atoms with Crippen LogP contribution in [0, 0.1) is 0 Å². The third-order valence-electron chi connectivity index (χ3n) is 3.85. The van der Waals surface area contributed by atoms with Crippen molar-refractivity contribution in [1.29, 1.82) is 0 Å². The summed E-state index contributed by atoms with van der Waals surface area (Å²) in [5, 5.41) is 6.72. The maximum atomic E-state index is 12.0. The molecule has 2 aromatic carbocycles. The maximum Gasteiger partial charge on any atom is 0.240 e. The van der Waals surface area contributed by atoms with E-state index in [1.165, 1.54) is 6.21 Å². The summed E-state index contributed by atoms with van der Waals surface area (Å²) in [6.07, 6.45) is 2.49. The van der Waals surface area contributed by atoms with Gasteiger partial charge in [-0.25, -0.2) is 5.43 Å². The van der Waals surface area contributed by atoms with E-state index in [-0.39, 0.29) is 24.7 Å². The van der Waals surface area contributed by atoms with Crippen LogP contribution in [0.25, 0.3) is 0 Å². The zero-order chi connectivity index (χ0) is 21.8. The molecule has 0 fully saturated rings. The van der Waals surface area contributed by atoms with E-state index in [9.17, 15) is 9.59 Å². The zero-order valence-electron chi connectivity index (χ0n) is 17.1. The van der Waals surface area contributed by atoms with E-state index in [1.807, 2.05) is 32.0 Å². The van der Waals surface area contributed by atoms with Crippen molar-refractivity contribution in [2.75, 3.05) is 18.5 Å². The van der Waals surface area contributed by atoms with Gasteiger partial charge < -0.3 is 14.8 Å². The van der Waals surface area contributed by atoms with Crippen LogP contribution in [0.5, 0.6) is 11.5 Å². The Morgan fingerprint density at radius 2 is 1.77 bits per heavy atom. The third-order valence-corrected chi connectivity index (χ3v) is 4.35. The number of nitrogens with zero attached hydrogens (tertiary/aromatic N) is 1. The minimum Gasteiger partial charge on any atom is -0.494 e. The minimum absolute atomic E-state index is 0.0257. The molecule has 0 aromatic heterocycles. The topological polar surface area (TPSA) is 89.0 Å². The van der Waals surface area contributed by atoms with Crippen molar-refractivity contribution in [3.63, 3.8) is 0 Å². The molecule has 160 valence electrons. The van der Waals surface area contributed by atoms with E-state index in [1.54, 1.807) is 24.3 Å². The Morgan fingerprint density at radius 3 is 2.47 bits per heavy atom. The summed E-state index contributed by atoms with van der Waals surface area (Å²) in [4.78, 5) is 24.0. The number of benzene rings is 2. The number of hydrogen-bond donors (Lipinski definition) is 2. The van der Waals surface area contributed by atoms with E-state index in [4.69, 9.17) is 9.47 Å². The largest absolute Gasteiger partial charge is 0.494 e. The Hall–Kier alpha value is -2.87. The Kier molecular flexibility index (Phi) is 9.86. The van der Waals surface area contributed by atoms with Crippen LogP contribution in [0.1, 0.15) is 38.7 Å². The van der Waals surface area contributed by atoms with Crippen molar-refractivity contribution in [2.24, 2.45) is 5.10 Å². The van der Waals surface area contributed by atoms with Crippen LogP contribution < -0.4 is 20.2 Å². The van der Waals surface area contributed by atoms with Gasteiger partial charge in [-0.2, -0.15) is 5.10 Å². The number of amides is 2. The number of hydrazone groups is 1. The molecule has 0 unspecified atom stereocenters. The van der Waals surface area contributed by atoms with Gasteiger partial charge in [0.25, 0.3) is 0 Å². The van der Waals surface area contributed by atoms with Crippen molar-refractivity contribution >= 4 is 39.6 Å². The molecule has 0 aliphatic heterocycles. The van der Waals surface area contributed by atoms with E-state index in [0.717, 1.165) is 22.2 Å². The molecule has 0 atom stereocenters. The molecular formula is C22H26BrN3O4. The Morgan fingerprint density at radius 1 is 1.03 bits per heavy atom. The highest BCUT2D eigenvalue weighted by atomic mass is 79.9. The highest BCUT2D eigenvalue weighted by Gasteiger charge is 2.08. The lowest BCUT2D eigenvalue weighted by Crippen LogP contribution is -2.20. The normalized spacial score (nSPS) is 10.6. The van der Waals surface area contributed by atoms with Gasteiger partial charge in [0.1, 0.15) is 11.5 Å². The number of rotatable bonds is 11. The van der Waals surface area contributed by atoms with Gasteiger partial charge in [-0.1, -0.05) is 22.9 Å². The second kappa shape index (κ2) is 12.6. The fraction of sp³-hybridized carbons (Fsp3) is 0.318. The zero-order valence-corrected chi connectivity index (χ0v) is 18.7. The summed E-state index contributed by atoms with van der Waals surface area (Å²) in [7, 11) is 0. The molecule has 2 N–H and O–H groups in total. The summed E-state index contributed by atoms with van der Waals surface area (Å²) in [6.45, 7) is 5.11. The van der Waals surface area contributed by atoms with Crippen LogP contribution in [0.15, 0.2) is 52.0 Å². The summed E-state index contributed by atoms with van der Waals surface area (Å²) < 4.78 is 11.9. The van der Waals surface area contributed by atoms with E-state index in [2.05, 4.69) is 31.8 Å². The lowest BCUT2D eigenvalue weighted by atomic mass is 10.2. The van der Waals surface area contributed by atoms with Crippen molar-refractivity contribution in [3.8, 4) is 11.5 Å². The third kappa shape index (κ3) is 8.24. The van der Waals surface area contributed by atoms with Gasteiger partial charge in [0.05, 0.1) is 19.4 Å². The first-order valence-corrected chi connectivity index (χ1v) is 10.6. The van der Waals surface area contributed by atoms with E-state index < -0.39 is 0 Å². The molecule has 2 amide bonds. The number of ether oxygens (including phenoxy) is 2. The van der Waals surface area contributed by atoms with Gasteiger partial charge in [-0.05, 0) is 55.8 Å². The lowest BCUT2D eigenvalue weighted by Gasteiger charge is -2.08. The number of carbonyl (C=O) groups is 2. The molecule has 0 aliphatic carbocycles. The maximum absolute atomic E-state index is 12.0. The fourth-order valence-corrected chi connectivity index (χ4v) is 2.82. The molecule has 0 radical (unpaired) electrons. The Bertz CT molecular complexity index is 869. The first-order valence-electron chi connectivity index (χ1n) is 9.78. The number of carbonyl (C=O) groups excluding carboxylic acids is 2. The molecule has 0 aliphatic rings. The van der Waals surface area contributed by atoms with Gasteiger partial charge in [-0.15, -0.1) is 0 Å². The van der Waals surface area contributed by atoms with Crippen molar-refractivity contribution < 1.29 is 19.1 Å². The van der Waals surface area contributed by atoms with Crippen LogP contribution in [0.4, 0.5) is 5.69 Å². The monoisotopic (exact) mass is 475 g/mol. The summed E-state index contributed by atoms with van der Waals surface area (Å²) in [5.74, 6) is 0.828. The summed E-state index contributed by atoms with van der Waals surface area (Å²) in [6, 6.07) is 12.6. The standard InChI is InChI=1S/C22H26BrN3O4/c1-3-13-30-20-10-5-17(23)14-16(20)15-24-26-22(28)12-11-21(27)25-18-6-8-19(9-7-18)29-4-2/h5-10,14-15H,3-4,11-13H2,1-2H3,(H,25,27)(H,26,28). The number of nitrogens with one attached hydrogen (secondary N) is 2. The molecule has 2 rings (SSSR count). The van der Waals surface area contributed by atoms with Gasteiger partial charge in [0.2, 0.25) is 11.8 Å². The first kappa shape index (κ1) is 23.4. The SMILES string of the molecule is CCCOc1ccc(Br)cc1C=NNC(=O)CCC(=O)Nc1ccc(OCC)cc1. The van der Waals surface area contributed by atoms with Gasteiger partial charge in [-0.3, -0.25) is 9.59 Å². The number of hydrogen-bond acceptors (Lipinski definition) is 5. The predicted octanol–water partition coefficient (Wildman–Crippen LogP) is 4.51. The second-order valence-corrected chi connectivity index (χ2v) is 7.25. The molecular weight excluding hydrogens is 450 g/mol. The molecule has 0 heterocycles. The molecule has 2 aromatic rings. The molecule has 0 spiro atoms. The second-order valence-electron chi connectivity index (χ2n) is 6.33. The van der Waals surface area contributed by atoms with E-state index >= 15 is 0 Å². The van der Waals surface area contributed by atoms with Gasteiger partial charge >= 0.3 is 0 Å². The van der Waals surface area contributed by atoms with Crippen molar-refractivity contribution in [3.05, 3.63) is 52.5 Å². The van der Waals surface area contributed by atoms with Crippen molar-refractivity contribution in [1.82, 2.24) is 5.43 Å². The van der Waals surface area contributed by atoms with Crippen LogP contribution in [-0.2, 0) is 9.59 Å².